The Morgan fingerprint density at radius 2 is 2.30 bits per heavy atom. The van der Waals surface area contributed by atoms with E-state index in [1.54, 1.807) is 12.1 Å². The SMILES string of the molecule is COc1ccc(CC(=O)N2CCC(C)(CN)C2)cc1F. The predicted octanol–water partition coefficient (Wildman–Crippen LogP) is 1.57. The number of nitrogens with zero attached hydrogens (tertiary/aromatic N) is 1. The molecule has 1 amide bonds. The van der Waals surface area contributed by atoms with Crippen molar-refractivity contribution in [2.45, 2.75) is 19.8 Å². The van der Waals surface area contributed by atoms with Crippen LogP contribution >= 0.6 is 0 Å². The molecule has 0 saturated carbocycles. The zero-order chi connectivity index (χ0) is 14.8. The van der Waals surface area contributed by atoms with Crippen molar-refractivity contribution in [1.29, 1.82) is 0 Å². The minimum absolute atomic E-state index is 0.0147. The monoisotopic (exact) mass is 280 g/mol. The van der Waals surface area contributed by atoms with Crippen molar-refractivity contribution in [1.82, 2.24) is 4.90 Å². The number of likely N-dealkylation sites (tertiary alicyclic amines) is 1. The summed E-state index contributed by atoms with van der Waals surface area (Å²) in [5.74, 6) is -0.226. The van der Waals surface area contributed by atoms with Crippen molar-refractivity contribution < 1.29 is 13.9 Å². The summed E-state index contributed by atoms with van der Waals surface area (Å²) in [5.41, 5.74) is 6.41. The number of halogens is 1. The molecule has 20 heavy (non-hydrogen) atoms. The molecule has 0 bridgehead atoms. The van der Waals surface area contributed by atoms with Crippen LogP contribution in [-0.2, 0) is 11.2 Å². The van der Waals surface area contributed by atoms with Gasteiger partial charge in [0.05, 0.1) is 13.5 Å². The summed E-state index contributed by atoms with van der Waals surface area (Å²) < 4.78 is 18.5. The lowest BCUT2D eigenvalue weighted by Gasteiger charge is -2.22. The maximum Gasteiger partial charge on any atom is 0.227 e. The number of amides is 1. The van der Waals surface area contributed by atoms with Gasteiger partial charge in [0.15, 0.2) is 11.6 Å². The Labute approximate surface area is 118 Å². The van der Waals surface area contributed by atoms with Crippen LogP contribution in [0, 0.1) is 11.2 Å². The molecule has 4 nitrogen and oxygen atoms in total. The summed E-state index contributed by atoms with van der Waals surface area (Å²) in [5, 5.41) is 0. The molecule has 1 unspecified atom stereocenters. The van der Waals surface area contributed by atoms with Crippen LogP contribution < -0.4 is 10.5 Å². The van der Waals surface area contributed by atoms with E-state index in [2.05, 4.69) is 6.92 Å². The maximum absolute atomic E-state index is 13.6. The first-order valence-corrected chi connectivity index (χ1v) is 6.78. The highest BCUT2D eigenvalue weighted by Gasteiger charge is 2.34. The van der Waals surface area contributed by atoms with Crippen molar-refractivity contribution in [3.05, 3.63) is 29.6 Å². The molecule has 2 N–H and O–H groups in total. The lowest BCUT2D eigenvalue weighted by molar-refractivity contribution is -0.129. The molecule has 2 rings (SSSR count). The number of benzene rings is 1. The van der Waals surface area contributed by atoms with Crippen LogP contribution in [-0.4, -0.2) is 37.6 Å². The lowest BCUT2D eigenvalue weighted by atomic mass is 9.90. The van der Waals surface area contributed by atoms with Crippen LogP contribution in [0.3, 0.4) is 0 Å². The van der Waals surface area contributed by atoms with Gasteiger partial charge in [0, 0.05) is 13.1 Å². The quantitative estimate of drug-likeness (QED) is 0.911. The third-order valence-corrected chi connectivity index (χ3v) is 3.97. The van der Waals surface area contributed by atoms with E-state index in [9.17, 15) is 9.18 Å². The molecule has 1 atom stereocenters. The lowest BCUT2D eigenvalue weighted by Crippen LogP contribution is -2.35. The van der Waals surface area contributed by atoms with Gasteiger partial charge in [0.25, 0.3) is 0 Å². The Hall–Kier alpha value is -1.62. The fraction of sp³-hybridized carbons (Fsp3) is 0.533. The zero-order valence-electron chi connectivity index (χ0n) is 12.0. The van der Waals surface area contributed by atoms with Gasteiger partial charge in [0.1, 0.15) is 0 Å². The second-order valence-corrected chi connectivity index (χ2v) is 5.73. The Morgan fingerprint density at radius 1 is 1.55 bits per heavy atom. The number of ether oxygens (including phenoxy) is 1. The number of carbonyl (C=O) groups is 1. The Morgan fingerprint density at radius 3 is 2.85 bits per heavy atom. The molecule has 0 radical (unpaired) electrons. The average molecular weight is 280 g/mol. The normalized spacial score (nSPS) is 22.1. The van der Waals surface area contributed by atoms with Crippen molar-refractivity contribution in [2.24, 2.45) is 11.1 Å². The standard InChI is InChI=1S/C15H21FN2O2/c1-15(9-17)5-6-18(10-15)14(19)8-11-3-4-13(20-2)12(16)7-11/h3-4,7H,5-6,8-10,17H2,1-2H3. The topological polar surface area (TPSA) is 55.6 Å². The van der Waals surface area contributed by atoms with Crippen molar-refractivity contribution >= 4 is 5.91 Å². The molecular formula is C15H21FN2O2. The third kappa shape index (κ3) is 3.10. The summed E-state index contributed by atoms with van der Waals surface area (Å²) in [4.78, 5) is 14.0. The van der Waals surface area contributed by atoms with Crippen LogP contribution in [0.25, 0.3) is 0 Å². The van der Waals surface area contributed by atoms with E-state index in [0.29, 0.717) is 18.7 Å². The first kappa shape index (κ1) is 14.8. The molecule has 0 spiro atoms. The molecule has 1 aliphatic heterocycles. The predicted molar refractivity (Wildman–Crippen MR) is 75.0 cm³/mol. The van der Waals surface area contributed by atoms with Crippen LogP contribution in [0.5, 0.6) is 5.75 Å². The highest BCUT2D eigenvalue weighted by atomic mass is 19.1. The van der Waals surface area contributed by atoms with Gasteiger partial charge in [-0.15, -0.1) is 0 Å². The number of nitrogens with two attached hydrogens (primary N) is 1. The van der Waals surface area contributed by atoms with E-state index >= 15 is 0 Å². The number of rotatable bonds is 4. The summed E-state index contributed by atoms with van der Waals surface area (Å²) in [7, 11) is 1.42. The highest BCUT2D eigenvalue weighted by molar-refractivity contribution is 5.79. The fourth-order valence-corrected chi connectivity index (χ4v) is 2.51. The third-order valence-electron chi connectivity index (χ3n) is 3.97. The molecule has 1 aromatic carbocycles. The first-order valence-electron chi connectivity index (χ1n) is 6.78. The van der Waals surface area contributed by atoms with Crippen LogP contribution in [0.1, 0.15) is 18.9 Å². The molecule has 1 saturated heterocycles. The van der Waals surface area contributed by atoms with Crippen LogP contribution in [0.4, 0.5) is 4.39 Å². The summed E-state index contributed by atoms with van der Waals surface area (Å²) >= 11 is 0. The summed E-state index contributed by atoms with van der Waals surface area (Å²) in [6.07, 6.45) is 1.13. The van der Waals surface area contributed by atoms with Gasteiger partial charge >= 0.3 is 0 Å². The van der Waals surface area contributed by atoms with E-state index in [4.69, 9.17) is 10.5 Å². The molecule has 0 aliphatic carbocycles. The van der Waals surface area contributed by atoms with Crippen LogP contribution in [0.2, 0.25) is 0 Å². The number of carbonyl (C=O) groups excluding carboxylic acids is 1. The van der Waals surface area contributed by atoms with E-state index in [1.165, 1.54) is 13.2 Å². The van der Waals surface area contributed by atoms with Gasteiger partial charge in [-0.25, -0.2) is 4.39 Å². The van der Waals surface area contributed by atoms with E-state index < -0.39 is 5.82 Å². The molecule has 1 aliphatic rings. The van der Waals surface area contributed by atoms with Crippen molar-refractivity contribution in [2.75, 3.05) is 26.7 Å². The maximum atomic E-state index is 13.6. The van der Waals surface area contributed by atoms with Crippen molar-refractivity contribution in [3.63, 3.8) is 0 Å². The number of hydrogen-bond acceptors (Lipinski definition) is 3. The Bertz CT molecular complexity index is 507. The molecule has 1 aromatic rings. The van der Waals surface area contributed by atoms with Gasteiger partial charge in [-0.05, 0) is 36.1 Å². The van der Waals surface area contributed by atoms with Gasteiger partial charge in [-0.2, -0.15) is 0 Å². The van der Waals surface area contributed by atoms with E-state index in [0.717, 1.165) is 13.0 Å². The number of hydrogen-bond donors (Lipinski definition) is 1. The molecular weight excluding hydrogens is 259 g/mol. The Balaban J connectivity index is 2.00. The zero-order valence-corrected chi connectivity index (χ0v) is 12.0. The second kappa shape index (κ2) is 5.79. The summed E-state index contributed by atoms with van der Waals surface area (Å²) in [6.45, 7) is 4.08. The van der Waals surface area contributed by atoms with E-state index in [-0.39, 0.29) is 23.5 Å². The highest BCUT2D eigenvalue weighted by Crippen LogP contribution is 2.29. The van der Waals surface area contributed by atoms with Gasteiger partial charge in [-0.3, -0.25) is 4.79 Å². The van der Waals surface area contributed by atoms with Gasteiger partial charge < -0.3 is 15.4 Å². The first-order chi connectivity index (χ1) is 9.47. The van der Waals surface area contributed by atoms with Crippen molar-refractivity contribution in [3.8, 4) is 5.75 Å². The molecule has 1 fully saturated rings. The minimum Gasteiger partial charge on any atom is -0.494 e. The Kier molecular flexibility index (Phi) is 4.28. The number of methoxy groups -OCH3 is 1. The van der Waals surface area contributed by atoms with Gasteiger partial charge in [-0.1, -0.05) is 13.0 Å². The van der Waals surface area contributed by atoms with Crippen LogP contribution in [0.15, 0.2) is 18.2 Å². The largest absolute Gasteiger partial charge is 0.494 e. The second-order valence-electron chi connectivity index (χ2n) is 5.73. The molecule has 1 heterocycles. The minimum atomic E-state index is -0.439. The van der Waals surface area contributed by atoms with E-state index in [1.807, 2.05) is 4.90 Å². The smallest absolute Gasteiger partial charge is 0.227 e. The van der Waals surface area contributed by atoms with Gasteiger partial charge in [0.2, 0.25) is 5.91 Å². The average Bonchev–Trinajstić information content (AvgIpc) is 2.83. The molecule has 5 heteroatoms. The fourth-order valence-electron chi connectivity index (χ4n) is 2.51. The summed E-state index contributed by atoms with van der Waals surface area (Å²) in [6, 6.07) is 4.62. The molecule has 110 valence electrons. The molecule has 0 aromatic heterocycles.